The lowest BCUT2D eigenvalue weighted by Gasteiger charge is -2.18. The quantitative estimate of drug-likeness (QED) is 0.738. The van der Waals surface area contributed by atoms with Crippen molar-refractivity contribution in [2.24, 2.45) is 0 Å². The summed E-state index contributed by atoms with van der Waals surface area (Å²) in [4.78, 5) is 13.5. The summed E-state index contributed by atoms with van der Waals surface area (Å²) in [5.41, 5.74) is 2.93. The summed E-state index contributed by atoms with van der Waals surface area (Å²) in [5, 5.41) is 0. The zero-order chi connectivity index (χ0) is 11.0. The number of nitrogens with zero attached hydrogens (tertiary/aromatic N) is 1. The van der Waals surface area contributed by atoms with E-state index in [1.165, 1.54) is 0 Å². The van der Waals surface area contributed by atoms with Crippen LogP contribution in [-0.2, 0) is 6.42 Å². The van der Waals surface area contributed by atoms with Crippen LogP contribution in [-0.4, -0.2) is 27.0 Å². The van der Waals surface area contributed by atoms with E-state index in [4.69, 9.17) is 4.74 Å². The molecule has 0 amide bonds. The minimum atomic E-state index is 0.230. The second-order valence-corrected chi connectivity index (χ2v) is 3.96. The van der Waals surface area contributed by atoms with Crippen molar-refractivity contribution in [3.63, 3.8) is 0 Å². The highest BCUT2D eigenvalue weighted by Crippen LogP contribution is 2.37. The summed E-state index contributed by atoms with van der Waals surface area (Å²) < 4.78 is 5.40. The average molecular weight is 205 g/mol. The molecule has 1 aromatic carbocycles. The fourth-order valence-corrected chi connectivity index (χ4v) is 2.08. The van der Waals surface area contributed by atoms with E-state index in [-0.39, 0.29) is 5.78 Å². The lowest BCUT2D eigenvalue weighted by atomic mass is 10.1. The van der Waals surface area contributed by atoms with Crippen molar-refractivity contribution in [2.75, 3.05) is 26.1 Å². The first-order valence-electron chi connectivity index (χ1n) is 5.05. The van der Waals surface area contributed by atoms with Gasteiger partial charge in [-0.15, -0.1) is 0 Å². The van der Waals surface area contributed by atoms with Gasteiger partial charge in [-0.2, -0.15) is 0 Å². The summed E-state index contributed by atoms with van der Waals surface area (Å²) in [6.07, 6.45) is 1.42. The standard InChI is InChI=1S/C12H15NO2/c1-13(2)10-6-4-8-9(12(10)15-3)5-7-11(8)14/h4,6H,5,7H2,1-3H3. The minimum Gasteiger partial charge on any atom is -0.494 e. The number of hydrogen-bond donors (Lipinski definition) is 0. The predicted molar refractivity (Wildman–Crippen MR) is 60.0 cm³/mol. The Hall–Kier alpha value is -1.51. The van der Waals surface area contributed by atoms with E-state index in [0.29, 0.717) is 6.42 Å². The minimum absolute atomic E-state index is 0.230. The molecule has 0 saturated heterocycles. The van der Waals surface area contributed by atoms with Crippen LogP contribution in [0.1, 0.15) is 22.3 Å². The Morgan fingerprint density at radius 2 is 2.00 bits per heavy atom. The number of Topliss-reactive ketones (excluding diaryl/α,β-unsaturated/α-hetero) is 1. The molecule has 15 heavy (non-hydrogen) atoms. The lowest BCUT2D eigenvalue weighted by molar-refractivity contribution is 0.0994. The molecule has 0 fully saturated rings. The van der Waals surface area contributed by atoms with Gasteiger partial charge in [0.2, 0.25) is 0 Å². The van der Waals surface area contributed by atoms with Crippen LogP contribution >= 0.6 is 0 Å². The van der Waals surface area contributed by atoms with E-state index < -0.39 is 0 Å². The molecule has 0 bridgehead atoms. The zero-order valence-electron chi connectivity index (χ0n) is 9.33. The number of carbonyl (C=O) groups excluding carboxylic acids is 1. The molecule has 0 atom stereocenters. The first kappa shape index (κ1) is 10.0. The summed E-state index contributed by atoms with van der Waals surface area (Å²) >= 11 is 0. The molecule has 2 rings (SSSR count). The van der Waals surface area contributed by atoms with Crippen molar-refractivity contribution in [3.8, 4) is 5.75 Å². The van der Waals surface area contributed by atoms with Crippen molar-refractivity contribution in [2.45, 2.75) is 12.8 Å². The highest BCUT2D eigenvalue weighted by molar-refractivity contribution is 6.02. The zero-order valence-corrected chi connectivity index (χ0v) is 9.33. The molecule has 3 heteroatoms. The second kappa shape index (κ2) is 3.57. The van der Waals surface area contributed by atoms with E-state index in [2.05, 4.69) is 0 Å². The van der Waals surface area contributed by atoms with Gasteiger partial charge in [-0.1, -0.05) is 0 Å². The van der Waals surface area contributed by atoms with E-state index >= 15 is 0 Å². The number of carbonyl (C=O) groups is 1. The Morgan fingerprint density at radius 3 is 2.60 bits per heavy atom. The van der Waals surface area contributed by atoms with Crippen molar-refractivity contribution >= 4 is 11.5 Å². The first-order valence-corrected chi connectivity index (χ1v) is 5.05. The maximum Gasteiger partial charge on any atom is 0.163 e. The van der Waals surface area contributed by atoms with Crippen molar-refractivity contribution in [3.05, 3.63) is 23.3 Å². The van der Waals surface area contributed by atoms with Gasteiger partial charge in [0.05, 0.1) is 12.8 Å². The largest absolute Gasteiger partial charge is 0.494 e. The maximum atomic E-state index is 11.5. The van der Waals surface area contributed by atoms with Crippen LogP contribution in [0.25, 0.3) is 0 Å². The Balaban J connectivity index is 2.60. The van der Waals surface area contributed by atoms with Gasteiger partial charge in [0.1, 0.15) is 5.75 Å². The summed E-state index contributed by atoms with van der Waals surface area (Å²) in [6.45, 7) is 0. The number of anilines is 1. The van der Waals surface area contributed by atoms with E-state index in [1.807, 2.05) is 31.1 Å². The molecule has 1 aromatic rings. The van der Waals surface area contributed by atoms with E-state index in [9.17, 15) is 4.79 Å². The Labute approximate surface area is 89.7 Å². The lowest BCUT2D eigenvalue weighted by Crippen LogP contribution is -2.11. The third-order valence-corrected chi connectivity index (χ3v) is 2.83. The molecular formula is C12H15NO2. The van der Waals surface area contributed by atoms with Crippen molar-refractivity contribution in [1.82, 2.24) is 0 Å². The van der Waals surface area contributed by atoms with Gasteiger partial charge in [-0.25, -0.2) is 0 Å². The van der Waals surface area contributed by atoms with Gasteiger partial charge < -0.3 is 9.64 Å². The fraction of sp³-hybridized carbons (Fsp3) is 0.417. The van der Waals surface area contributed by atoms with Crippen LogP contribution in [0.15, 0.2) is 12.1 Å². The second-order valence-electron chi connectivity index (χ2n) is 3.96. The van der Waals surface area contributed by atoms with E-state index in [1.54, 1.807) is 7.11 Å². The van der Waals surface area contributed by atoms with E-state index in [0.717, 1.165) is 29.0 Å². The molecule has 80 valence electrons. The number of fused-ring (bicyclic) bond motifs is 1. The topological polar surface area (TPSA) is 29.5 Å². The maximum absolute atomic E-state index is 11.5. The number of hydrogen-bond acceptors (Lipinski definition) is 3. The number of rotatable bonds is 2. The molecule has 1 aliphatic carbocycles. The van der Waals surface area contributed by atoms with Gasteiger partial charge in [0, 0.05) is 31.6 Å². The highest BCUT2D eigenvalue weighted by atomic mass is 16.5. The normalized spacial score (nSPS) is 13.9. The molecule has 0 unspecified atom stereocenters. The number of benzene rings is 1. The van der Waals surface area contributed by atoms with Gasteiger partial charge in [-0.05, 0) is 18.6 Å². The highest BCUT2D eigenvalue weighted by Gasteiger charge is 2.25. The Bertz CT molecular complexity index is 410. The van der Waals surface area contributed by atoms with Crippen LogP contribution in [0.4, 0.5) is 5.69 Å². The van der Waals surface area contributed by atoms with Crippen LogP contribution in [0.3, 0.4) is 0 Å². The van der Waals surface area contributed by atoms with Crippen molar-refractivity contribution in [1.29, 1.82) is 0 Å². The smallest absolute Gasteiger partial charge is 0.163 e. The molecule has 0 aliphatic heterocycles. The number of ether oxygens (including phenoxy) is 1. The van der Waals surface area contributed by atoms with Crippen LogP contribution < -0.4 is 9.64 Å². The SMILES string of the molecule is COc1c(N(C)C)ccc2c1CCC2=O. The molecule has 0 radical (unpaired) electrons. The van der Waals surface area contributed by atoms with Gasteiger partial charge in [0.15, 0.2) is 5.78 Å². The van der Waals surface area contributed by atoms with Crippen LogP contribution in [0.5, 0.6) is 5.75 Å². The number of methoxy groups -OCH3 is 1. The molecule has 3 nitrogen and oxygen atoms in total. The predicted octanol–water partition coefficient (Wildman–Crippen LogP) is 1.89. The summed E-state index contributed by atoms with van der Waals surface area (Å²) in [5.74, 6) is 1.08. The Morgan fingerprint density at radius 1 is 1.27 bits per heavy atom. The van der Waals surface area contributed by atoms with Crippen LogP contribution in [0, 0.1) is 0 Å². The third-order valence-electron chi connectivity index (χ3n) is 2.83. The molecule has 0 heterocycles. The van der Waals surface area contributed by atoms with Gasteiger partial charge in [0.25, 0.3) is 0 Å². The van der Waals surface area contributed by atoms with Gasteiger partial charge in [-0.3, -0.25) is 4.79 Å². The molecule has 0 aromatic heterocycles. The fourth-order valence-electron chi connectivity index (χ4n) is 2.08. The molecule has 0 N–H and O–H groups in total. The molecule has 1 aliphatic rings. The summed E-state index contributed by atoms with van der Waals surface area (Å²) in [6, 6.07) is 3.85. The van der Waals surface area contributed by atoms with Crippen molar-refractivity contribution < 1.29 is 9.53 Å². The summed E-state index contributed by atoms with van der Waals surface area (Å²) in [7, 11) is 5.60. The number of ketones is 1. The average Bonchev–Trinajstić information content (AvgIpc) is 2.59. The molecular weight excluding hydrogens is 190 g/mol. The molecule has 0 spiro atoms. The van der Waals surface area contributed by atoms with Gasteiger partial charge >= 0.3 is 0 Å². The molecule has 0 saturated carbocycles. The monoisotopic (exact) mass is 205 g/mol. The first-order chi connectivity index (χ1) is 7.15. The Kier molecular flexibility index (Phi) is 2.39. The third kappa shape index (κ3) is 1.48. The van der Waals surface area contributed by atoms with Crippen LogP contribution in [0.2, 0.25) is 0 Å².